The summed E-state index contributed by atoms with van der Waals surface area (Å²) in [7, 11) is 3.98. The fourth-order valence-corrected chi connectivity index (χ4v) is 3.11. The zero-order chi connectivity index (χ0) is 24.9. The molecule has 0 aromatic heterocycles. The molecule has 176 valence electrons. The van der Waals surface area contributed by atoms with Crippen LogP contribution >= 0.6 is 0 Å². The fraction of sp³-hybridized carbons (Fsp3) is 0.269. The van der Waals surface area contributed by atoms with Crippen molar-refractivity contribution in [3.63, 3.8) is 0 Å². The molecule has 33 heavy (non-hydrogen) atoms. The lowest BCUT2D eigenvalue weighted by atomic mass is 9.81. The lowest BCUT2D eigenvalue weighted by molar-refractivity contribution is -0.157. The minimum Gasteiger partial charge on any atom is -0.478 e. The Labute approximate surface area is 194 Å². The smallest absolute Gasteiger partial charge is 0.328 e. The zero-order valence-corrected chi connectivity index (χ0v) is 19.2. The summed E-state index contributed by atoms with van der Waals surface area (Å²) < 4.78 is 6.07. The third-order valence-electron chi connectivity index (χ3n) is 4.56. The van der Waals surface area contributed by atoms with Gasteiger partial charge in [-0.25, -0.2) is 9.59 Å². The van der Waals surface area contributed by atoms with Crippen molar-refractivity contribution in [3.8, 4) is 0 Å². The predicted molar refractivity (Wildman–Crippen MR) is 127 cm³/mol. The topological polar surface area (TPSA) is 104 Å². The highest BCUT2D eigenvalue weighted by Gasteiger charge is 2.39. The van der Waals surface area contributed by atoms with Gasteiger partial charge in [-0.15, -0.1) is 0 Å². The molecule has 0 radical (unpaired) electrons. The molecule has 2 aromatic carbocycles. The van der Waals surface area contributed by atoms with Crippen LogP contribution in [0.15, 0.2) is 85.0 Å². The van der Waals surface area contributed by atoms with Gasteiger partial charge in [0, 0.05) is 37.1 Å². The molecule has 0 aliphatic rings. The lowest BCUT2D eigenvalue weighted by Crippen LogP contribution is -2.40. The van der Waals surface area contributed by atoms with E-state index in [1.54, 1.807) is 0 Å². The second-order valence-electron chi connectivity index (χ2n) is 7.53. The van der Waals surface area contributed by atoms with Gasteiger partial charge in [0.2, 0.25) is 0 Å². The van der Waals surface area contributed by atoms with Gasteiger partial charge in [0.25, 0.3) is 0 Å². The first-order chi connectivity index (χ1) is 15.6. The Bertz CT molecular complexity index is 937. The first-order valence-electron chi connectivity index (χ1n) is 10.4. The van der Waals surface area contributed by atoms with Crippen LogP contribution in [0.5, 0.6) is 0 Å². The van der Waals surface area contributed by atoms with Crippen molar-refractivity contribution < 1.29 is 29.3 Å². The molecule has 2 N–H and O–H groups in total. The van der Waals surface area contributed by atoms with E-state index in [1.165, 1.54) is 0 Å². The first-order valence-corrected chi connectivity index (χ1v) is 10.4. The van der Waals surface area contributed by atoms with Crippen LogP contribution in [0.1, 0.15) is 24.5 Å². The van der Waals surface area contributed by atoms with Crippen molar-refractivity contribution in [3.05, 3.63) is 96.1 Å². The number of nitrogens with zero attached hydrogens (tertiary/aromatic N) is 1. The third-order valence-corrected chi connectivity index (χ3v) is 4.56. The number of carbonyl (C=O) groups is 3. The average Bonchev–Trinajstić information content (AvgIpc) is 2.78. The minimum atomic E-state index is -1.26. The summed E-state index contributed by atoms with van der Waals surface area (Å²) in [6.45, 7) is 6.76. The standard InChI is InChI=1S/C22H27NO2.C4H4O4/c1-5-21(24)25-22(18(2)17-23(3)4,20-14-10-7-11-15-20)16-19-12-8-6-9-13-19;5-3(6)1-2-4(7)8/h6-15H,2,5,16-17H2,1,3-4H3;1-2H,(H,5,6)(H,7,8)/b;2-1-. The summed E-state index contributed by atoms with van der Waals surface area (Å²) in [5.41, 5.74) is 2.05. The van der Waals surface area contributed by atoms with Gasteiger partial charge in [0.05, 0.1) is 0 Å². The van der Waals surface area contributed by atoms with Crippen molar-refractivity contribution in [2.45, 2.75) is 25.4 Å². The molecule has 0 saturated carbocycles. The van der Waals surface area contributed by atoms with E-state index in [1.807, 2.05) is 74.4 Å². The van der Waals surface area contributed by atoms with E-state index in [2.05, 4.69) is 18.7 Å². The summed E-state index contributed by atoms with van der Waals surface area (Å²) in [5.74, 6) is -2.74. The summed E-state index contributed by atoms with van der Waals surface area (Å²) in [6.07, 6.45) is 2.01. The molecule has 0 saturated heterocycles. The molecule has 0 fully saturated rings. The maximum absolute atomic E-state index is 12.3. The molecule has 7 heteroatoms. The quantitative estimate of drug-likeness (QED) is 0.319. The molecular weight excluding hydrogens is 422 g/mol. The maximum Gasteiger partial charge on any atom is 0.328 e. The van der Waals surface area contributed by atoms with Gasteiger partial charge in [-0.3, -0.25) is 4.79 Å². The molecular formula is C26H31NO6. The van der Waals surface area contributed by atoms with Crippen molar-refractivity contribution in [1.82, 2.24) is 4.90 Å². The van der Waals surface area contributed by atoms with Crippen molar-refractivity contribution in [1.29, 1.82) is 0 Å². The van der Waals surface area contributed by atoms with Gasteiger partial charge in [-0.1, -0.05) is 74.2 Å². The second kappa shape index (κ2) is 13.6. The van der Waals surface area contributed by atoms with E-state index >= 15 is 0 Å². The monoisotopic (exact) mass is 453 g/mol. The van der Waals surface area contributed by atoms with E-state index in [9.17, 15) is 14.4 Å². The Morgan fingerprint density at radius 2 is 1.42 bits per heavy atom. The number of benzene rings is 2. The van der Waals surface area contributed by atoms with Gasteiger partial charge in [-0.2, -0.15) is 0 Å². The van der Waals surface area contributed by atoms with E-state index < -0.39 is 17.5 Å². The minimum absolute atomic E-state index is 0.223. The highest BCUT2D eigenvalue weighted by Crippen LogP contribution is 2.37. The van der Waals surface area contributed by atoms with Gasteiger partial charge in [0.15, 0.2) is 5.60 Å². The maximum atomic E-state index is 12.3. The van der Waals surface area contributed by atoms with E-state index in [0.717, 1.165) is 16.7 Å². The Morgan fingerprint density at radius 3 is 1.85 bits per heavy atom. The molecule has 0 bridgehead atoms. The third kappa shape index (κ3) is 9.53. The number of aliphatic carboxylic acids is 2. The molecule has 0 aliphatic carbocycles. The van der Waals surface area contributed by atoms with Gasteiger partial charge in [-0.05, 0) is 25.2 Å². The predicted octanol–water partition coefficient (Wildman–Crippen LogP) is 3.91. The number of likely N-dealkylation sites (N-methyl/N-ethyl adjacent to an activating group) is 1. The highest BCUT2D eigenvalue weighted by atomic mass is 16.6. The second-order valence-corrected chi connectivity index (χ2v) is 7.53. The summed E-state index contributed by atoms with van der Waals surface area (Å²) in [4.78, 5) is 33.5. The molecule has 1 unspecified atom stereocenters. The first kappa shape index (κ1) is 27.3. The van der Waals surface area contributed by atoms with Gasteiger partial charge < -0.3 is 19.8 Å². The normalized spacial score (nSPS) is 12.4. The van der Waals surface area contributed by atoms with E-state index in [0.29, 0.717) is 31.5 Å². The zero-order valence-electron chi connectivity index (χ0n) is 19.2. The number of carboxylic acid groups (broad SMARTS) is 2. The van der Waals surface area contributed by atoms with Crippen LogP contribution in [0, 0.1) is 0 Å². The summed E-state index contributed by atoms with van der Waals surface area (Å²) in [5, 5.41) is 15.6. The Kier molecular flexibility index (Phi) is 11.3. The Morgan fingerprint density at radius 1 is 0.939 bits per heavy atom. The molecule has 7 nitrogen and oxygen atoms in total. The van der Waals surface area contributed by atoms with E-state index in [-0.39, 0.29) is 5.97 Å². The molecule has 1 atom stereocenters. The number of esters is 1. The van der Waals surface area contributed by atoms with Crippen LogP contribution in [0.25, 0.3) is 0 Å². The number of ether oxygens (including phenoxy) is 1. The molecule has 0 aliphatic heterocycles. The van der Waals surface area contributed by atoms with Crippen LogP contribution in [-0.4, -0.2) is 53.7 Å². The number of hydrogen-bond donors (Lipinski definition) is 2. The number of carbonyl (C=O) groups excluding carboxylic acids is 1. The Balaban J connectivity index is 0.000000582. The molecule has 0 heterocycles. The van der Waals surface area contributed by atoms with Crippen molar-refractivity contribution in [2.75, 3.05) is 20.6 Å². The van der Waals surface area contributed by atoms with Crippen LogP contribution in [0.2, 0.25) is 0 Å². The molecule has 0 spiro atoms. The van der Waals surface area contributed by atoms with Crippen LogP contribution in [0.3, 0.4) is 0 Å². The van der Waals surface area contributed by atoms with Crippen LogP contribution < -0.4 is 0 Å². The molecule has 2 rings (SSSR count). The van der Waals surface area contributed by atoms with Crippen molar-refractivity contribution >= 4 is 17.9 Å². The Hall–Kier alpha value is -3.71. The average molecular weight is 454 g/mol. The van der Waals surface area contributed by atoms with Crippen LogP contribution in [-0.2, 0) is 31.1 Å². The number of carboxylic acids is 2. The largest absolute Gasteiger partial charge is 0.478 e. The summed E-state index contributed by atoms with van der Waals surface area (Å²) >= 11 is 0. The van der Waals surface area contributed by atoms with Gasteiger partial charge in [0.1, 0.15) is 0 Å². The van der Waals surface area contributed by atoms with Gasteiger partial charge >= 0.3 is 17.9 Å². The van der Waals surface area contributed by atoms with E-state index in [4.69, 9.17) is 14.9 Å². The number of hydrogen-bond acceptors (Lipinski definition) is 5. The van der Waals surface area contributed by atoms with Crippen molar-refractivity contribution in [2.24, 2.45) is 0 Å². The van der Waals surface area contributed by atoms with Crippen LogP contribution in [0.4, 0.5) is 0 Å². The summed E-state index contributed by atoms with van der Waals surface area (Å²) in [6, 6.07) is 20.0. The highest BCUT2D eigenvalue weighted by molar-refractivity contribution is 5.89. The lowest BCUT2D eigenvalue weighted by Gasteiger charge is -2.37. The fourth-order valence-electron chi connectivity index (χ4n) is 3.11. The molecule has 2 aromatic rings. The number of rotatable bonds is 10. The molecule has 0 amide bonds. The SMILES string of the molecule is C=C(CN(C)C)C(Cc1ccccc1)(OC(=O)CC)c1ccccc1.O=C(O)/C=C\C(=O)O.